The number of nitrogens with one attached hydrogen (secondary N) is 1. The summed E-state index contributed by atoms with van der Waals surface area (Å²) in [5.41, 5.74) is 0. The standard InChI is InChI=1S/C13H27NO/c1-3-5-9-15-10-8-12(4-2)11-14-13-6-7-13/h12-14H,3-11H2,1-2H3. The van der Waals surface area contributed by atoms with Gasteiger partial charge < -0.3 is 10.1 Å². The molecule has 0 radical (unpaired) electrons. The van der Waals surface area contributed by atoms with Crippen molar-refractivity contribution in [3.05, 3.63) is 0 Å². The SMILES string of the molecule is CCCCOCCC(CC)CNC1CC1. The average molecular weight is 213 g/mol. The van der Waals surface area contributed by atoms with Gasteiger partial charge in [0.05, 0.1) is 0 Å². The Bertz CT molecular complexity index is 145. The number of rotatable bonds is 10. The van der Waals surface area contributed by atoms with E-state index in [1.54, 1.807) is 0 Å². The van der Waals surface area contributed by atoms with Crippen molar-refractivity contribution in [3.8, 4) is 0 Å². The Balaban J connectivity index is 1.90. The lowest BCUT2D eigenvalue weighted by Crippen LogP contribution is -2.25. The maximum atomic E-state index is 5.60. The van der Waals surface area contributed by atoms with Crippen molar-refractivity contribution in [1.82, 2.24) is 5.32 Å². The minimum absolute atomic E-state index is 0.812. The lowest BCUT2D eigenvalue weighted by Gasteiger charge is -2.15. The fraction of sp³-hybridized carbons (Fsp3) is 1.00. The molecule has 0 saturated heterocycles. The van der Waals surface area contributed by atoms with E-state index in [1.165, 1.54) is 45.1 Å². The van der Waals surface area contributed by atoms with Gasteiger partial charge in [-0.3, -0.25) is 0 Å². The highest BCUT2D eigenvalue weighted by molar-refractivity contribution is 4.81. The van der Waals surface area contributed by atoms with Gasteiger partial charge in [0.1, 0.15) is 0 Å². The second-order valence-corrected chi connectivity index (χ2v) is 4.71. The van der Waals surface area contributed by atoms with Crippen LogP contribution in [0.1, 0.15) is 52.4 Å². The van der Waals surface area contributed by atoms with Crippen LogP contribution in [0.25, 0.3) is 0 Å². The van der Waals surface area contributed by atoms with Crippen LogP contribution < -0.4 is 5.32 Å². The molecule has 1 unspecified atom stereocenters. The van der Waals surface area contributed by atoms with Crippen LogP contribution in [-0.2, 0) is 4.74 Å². The zero-order valence-electron chi connectivity index (χ0n) is 10.4. The quantitative estimate of drug-likeness (QED) is 0.563. The average Bonchev–Trinajstić information content (AvgIpc) is 3.06. The third-order valence-corrected chi connectivity index (χ3v) is 3.16. The minimum atomic E-state index is 0.812. The summed E-state index contributed by atoms with van der Waals surface area (Å²) < 4.78 is 5.60. The molecule has 1 N–H and O–H groups in total. The third kappa shape index (κ3) is 6.91. The first kappa shape index (κ1) is 13.0. The second-order valence-electron chi connectivity index (χ2n) is 4.71. The summed E-state index contributed by atoms with van der Waals surface area (Å²) in [7, 11) is 0. The van der Waals surface area contributed by atoms with E-state index in [9.17, 15) is 0 Å². The number of ether oxygens (including phenoxy) is 1. The van der Waals surface area contributed by atoms with Gasteiger partial charge in [0.15, 0.2) is 0 Å². The Labute approximate surface area is 94.8 Å². The molecule has 0 heterocycles. The zero-order chi connectivity index (χ0) is 10.9. The predicted octanol–water partition coefficient (Wildman–Crippen LogP) is 2.97. The van der Waals surface area contributed by atoms with Crippen molar-refractivity contribution >= 4 is 0 Å². The third-order valence-electron chi connectivity index (χ3n) is 3.16. The smallest absolute Gasteiger partial charge is 0.0469 e. The molecular formula is C13H27NO. The molecule has 0 bridgehead atoms. The van der Waals surface area contributed by atoms with Crippen LogP contribution in [0.4, 0.5) is 0 Å². The van der Waals surface area contributed by atoms with E-state index >= 15 is 0 Å². The van der Waals surface area contributed by atoms with Gasteiger partial charge in [-0.1, -0.05) is 26.7 Å². The molecule has 2 nitrogen and oxygen atoms in total. The number of hydrogen-bond donors (Lipinski definition) is 1. The lowest BCUT2D eigenvalue weighted by atomic mass is 10.0. The van der Waals surface area contributed by atoms with Gasteiger partial charge in [-0.05, 0) is 38.1 Å². The molecule has 1 aliphatic rings. The van der Waals surface area contributed by atoms with Gasteiger partial charge in [-0.25, -0.2) is 0 Å². The normalized spacial score (nSPS) is 18.0. The zero-order valence-corrected chi connectivity index (χ0v) is 10.4. The molecule has 1 fully saturated rings. The number of unbranched alkanes of at least 4 members (excludes halogenated alkanes) is 1. The van der Waals surface area contributed by atoms with E-state index in [0.29, 0.717) is 0 Å². The summed E-state index contributed by atoms with van der Waals surface area (Å²) >= 11 is 0. The van der Waals surface area contributed by atoms with E-state index in [1.807, 2.05) is 0 Å². The molecule has 1 rings (SSSR count). The van der Waals surface area contributed by atoms with E-state index in [0.717, 1.165) is 25.2 Å². The Morgan fingerprint density at radius 1 is 1.27 bits per heavy atom. The van der Waals surface area contributed by atoms with Crippen molar-refractivity contribution in [3.63, 3.8) is 0 Å². The summed E-state index contributed by atoms with van der Waals surface area (Å²) in [4.78, 5) is 0. The molecule has 0 aromatic carbocycles. The highest BCUT2D eigenvalue weighted by Gasteiger charge is 2.21. The summed E-state index contributed by atoms with van der Waals surface area (Å²) in [6.07, 6.45) is 7.72. The molecule has 0 aliphatic heterocycles. The van der Waals surface area contributed by atoms with Crippen molar-refractivity contribution in [2.45, 2.75) is 58.4 Å². The molecule has 0 spiro atoms. The van der Waals surface area contributed by atoms with Crippen LogP contribution in [0.15, 0.2) is 0 Å². The predicted molar refractivity (Wildman–Crippen MR) is 65.1 cm³/mol. The summed E-state index contributed by atoms with van der Waals surface area (Å²) in [5, 5.41) is 3.60. The molecule has 0 amide bonds. The van der Waals surface area contributed by atoms with Crippen LogP contribution in [0.3, 0.4) is 0 Å². The summed E-state index contributed by atoms with van der Waals surface area (Å²) in [6.45, 7) is 7.58. The lowest BCUT2D eigenvalue weighted by molar-refractivity contribution is 0.116. The van der Waals surface area contributed by atoms with E-state index < -0.39 is 0 Å². The summed E-state index contributed by atoms with van der Waals surface area (Å²) in [5.74, 6) is 0.812. The maximum absolute atomic E-state index is 5.60. The van der Waals surface area contributed by atoms with Crippen LogP contribution in [0.2, 0.25) is 0 Å². The molecule has 0 aromatic heterocycles. The van der Waals surface area contributed by atoms with Crippen LogP contribution in [0.5, 0.6) is 0 Å². The first-order chi connectivity index (χ1) is 7.36. The van der Waals surface area contributed by atoms with Crippen molar-refractivity contribution in [2.75, 3.05) is 19.8 Å². The van der Waals surface area contributed by atoms with Gasteiger partial charge in [0.25, 0.3) is 0 Å². The van der Waals surface area contributed by atoms with Crippen LogP contribution in [-0.4, -0.2) is 25.8 Å². The molecule has 1 atom stereocenters. The Hall–Kier alpha value is -0.0800. The Kier molecular flexibility index (Phi) is 7.03. The second kappa shape index (κ2) is 8.12. The molecule has 15 heavy (non-hydrogen) atoms. The Morgan fingerprint density at radius 3 is 2.67 bits per heavy atom. The topological polar surface area (TPSA) is 21.3 Å². The molecule has 1 aliphatic carbocycles. The van der Waals surface area contributed by atoms with Crippen LogP contribution >= 0.6 is 0 Å². The fourth-order valence-electron chi connectivity index (χ4n) is 1.67. The highest BCUT2D eigenvalue weighted by Crippen LogP contribution is 2.19. The molecule has 0 aromatic rings. The van der Waals surface area contributed by atoms with Crippen molar-refractivity contribution in [2.24, 2.45) is 5.92 Å². The molecule has 90 valence electrons. The molecule has 2 heteroatoms. The van der Waals surface area contributed by atoms with E-state index in [4.69, 9.17) is 4.74 Å². The van der Waals surface area contributed by atoms with Gasteiger partial charge in [0, 0.05) is 19.3 Å². The van der Waals surface area contributed by atoms with Crippen LogP contribution in [0, 0.1) is 5.92 Å². The van der Waals surface area contributed by atoms with Crippen molar-refractivity contribution in [1.29, 1.82) is 0 Å². The molecular weight excluding hydrogens is 186 g/mol. The van der Waals surface area contributed by atoms with E-state index in [2.05, 4.69) is 19.2 Å². The maximum Gasteiger partial charge on any atom is 0.0469 e. The fourth-order valence-corrected chi connectivity index (χ4v) is 1.67. The Morgan fingerprint density at radius 2 is 2.07 bits per heavy atom. The first-order valence-electron chi connectivity index (χ1n) is 6.68. The molecule has 1 saturated carbocycles. The van der Waals surface area contributed by atoms with Crippen molar-refractivity contribution < 1.29 is 4.74 Å². The van der Waals surface area contributed by atoms with Gasteiger partial charge >= 0.3 is 0 Å². The van der Waals surface area contributed by atoms with Gasteiger partial charge in [-0.15, -0.1) is 0 Å². The van der Waals surface area contributed by atoms with E-state index in [-0.39, 0.29) is 0 Å². The van der Waals surface area contributed by atoms with Gasteiger partial charge in [-0.2, -0.15) is 0 Å². The summed E-state index contributed by atoms with van der Waals surface area (Å²) in [6, 6.07) is 0.847. The van der Waals surface area contributed by atoms with Gasteiger partial charge in [0.2, 0.25) is 0 Å². The largest absolute Gasteiger partial charge is 0.381 e. The first-order valence-corrected chi connectivity index (χ1v) is 6.68. The highest BCUT2D eigenvalue weighted by atomic mass is 16.5. The number of hydrogen-bond acceptors (Lipinski definition) is 2. The minimum Gasteiger partial charge on any atom is -0.381 e. The monoisotopic (exact) mass is 213 g/mol.